The standard InChI is InChI=1S/C14H17N3OS/c1-4-5-19-13-16-10-6-8-9(7-11(10)17-13)15-12(18)14(8,2)3/h6-7H,4-5H2,1-3H3,(H,15,18)(H,16,17). The number of amides is 1. The molecule has 0 radical (unpaired) electrons. The number of anilines is 1. The van der Waals surface area contributed by atoms with Gasteiger partial charge in [-0.1, -0.05) is 18.7 Å². The molecule has 0 unspecified atom stereocenters. The summed E-state index contributed by atoms with van der Waals surface area (Å²) in [6.45, 7) is 6.04. The summed E-state index contributed by atoms with van der Waals surface area (Å²) in [5.74, 6) is 1.11. The number of carbonyl (C=O) groups excluding carboxylic acids is 1. The van der Waals surface area contributed by atoms with Crippen LogP contribution in [0.2, 0.25) is 0 Å². The van der Waals surface area contributed by atoms with Crippen LogP contribution < -0.4 is 5.32 Å². The molecule has 0 fully saturated rings. The molecule has 0 spiro atoms. The highest BCUT2D eigenvalue weighted by atomic mass is 32.2. The van der Waals surface area contributed by atoms with Crippen LogP contribution in [-0.4, -0.2) is 21.6 Å². The lowest BCUT2D eigenvalue weighted by Gasteiger charge is -2.14. The largest absolute Gasteiger partial charge is 0.333 e. The van der Waals surface area contributed by atoms with Crippen LogP contribution in [0.25, 0.3) is 11.0 Å². The fraction of sp³-hybridized carbons (Fsp3) is 0.429. The number of thioether (sulfide) groups is 1. The lowest BCUT2D eigenvalue weighted by atomic mass is 9.86. The maximum Gasteiger partial charge on any atom is 0.234 e. The Balaban J connectivity index is 2.06. The normalized spacial score (nSPS) is 16.7. The van der Waals surface area contributed by atoms with Crippen LogP contribution in [0.4, 0.5) is 5.69 Å². The van der Waals surface area contributed by atoms with Crippen molar-refractivity contribution in [1.82, 2.24) is 9.97 Å². The Hall–Kier alpha value is -1.49. The zero-order valence-corrected chi connectivity index (χ0v) is 12.1. The molecule has 0 bridgehead atoms. The van der Waals surface area contributed by atoms with Crippen LogP contribution in [0.15, 0.2) is 17.3 Å². The Labute approximate surface area is 116 Å². The van der Waals surface area contributed by atoms with Gasteiger partial charge in [-0.15, -0.1) is 0 Å². The molecule has 19 heavy (non-hydrogen) atoms. The van der Waals surface area contributed by atoms with Gasteiger partial charge < -0.3 is 10.3 Å². The molecule has 0 saturated heterocycles. The molecule has 2 aromatic rings. The van der Waals surface area contributed by atoms with Crippen molar-refractivity contribution in [3.8, 4) is 0 Å². The number of hydrogen-bond donors (Lipinski definition) is 2. The third kappa shape index (κ3) is 1.92. The third-order valence-corrected chi connectivity index (χ3v) is 4.61. The van der Waals surface area contributed by atoms with E-state index in [1.807, 2.05) is 26.0 Å². The summed E-state index contributed by atoms with van der Waals surface area (Å²) in [6, 6.07) is 4.01. The zero-order chi connectivity index (χ0) is 13.6. The molecule has 4 nitrogen and oxygen atoms in total. The van der Waals surface area contributed by atoms with Gasteiger partial charge in [-0.05, 0) is 38.0 Å². The number of imidazole rings is 1. The van der Waals surface area contributed by atoms with Crippen molar-refractivity contribution < 1.29 is 4.79 Å². The molecular weight excluding hydrogens is 258 g/mol. The summed E-state index contributed by atoms with van der Waals surface area (Å²) in [7, 11) is 0. The number of aromatic amines is 1. The fourth-order valence-corrected chi connectivity index (χ4v) is 3.06. The molecule has 5 heteroatoms. The summed E-state index contributed by atoms with van der Waals surface area (Å²) >= 11 is 1.73. The number of nitrogens with zero attached hydrogens (tertiary/aromatic N) is 1. The summed E-state index contributed by atoms with van der Waals surface area (Å²) in [5.41, 5.74) is 3.37. The van der Waals surface area contributed by atoms with Gasteiger partial charge in [0.2, 0.25) is 5.91 Å². The van der Waals surface area contributed by atoms with Crippen LogP contribution in [0, 0.1) is 0 Å². The quantitative estimate of drug-likeness (QED) is 0.845. The molecule has 3 rings (SSSR count). The smallest absolute Gasteiger partial charge is 0.234 e. The van der Waals surface area contributed by atoms with Crippen molar-refractivity contribution in [2.24, 2.45) is 0 Å². The second kappa shape index (κ2) is 4.27. The number of nitrogens with one attached hydrogen (secondary N) is 2. The summed E-state index contributed by atoms with van der Waals surface area (Å²) < 4.78 is 0. The monoisotopic (exact) mass is 275 g/mol. The lowest BCUT2D eigenvalue weighted by Crippen LogP contribution is -2.26. The highest BCUT2D eigenvalue weighted by Gasteiger charge is 2.38. The molecule has 1 amide bonds. The minimum Gasteiger partial charge on any atom is -0.333 e. The minimum atomic E-state index is -0.473. The van der Waals surface area contributed by atoms with E-state index in [2.05, 4.69) is 22.2 Å². The highest BCUT2D eigenvalue weighted by molar-refractivity contribution is 7.99. The van der Waals surface area contributed by atoms with Crippen molar-refractivity contribution in [3.63, 3.8) is 0 Å². The van der Waals surface area contributed by atoms with Crippen molar-refractivity contribution in [1.29, 1.82) is 0 Å². The second-order valence-electron chi connectivity index (χ2n) is 5.38. The molecule has 2 N–H and O–H groups in total. The van der Waals surface area contributed by atoms with Crippen LogP contribution >= 0.6 is 11.8 Å². The van der Waals surface area contributed by atoms with E-state index in [0.29, 0.717) is 0 Å². The van der Waals surface area contributed by atoms with Gasteiger partial charge >= 0.3 is 0 Å². The van der Waals surface area contributed by atoms with Crippen LogP contribution in [0.5, 0.6) is 0 Å². The van der Waals surface area contributed by atoms with Gasteiger partial charge in [0.25, 0.3) is 0 Å². The number of rotatable bonds is 3. The minimum absolute atomic E-state index is 0.0516. The van der Waals surface area contributed by atoms with E-state index >= 15 is 0 Å². The maximum absolute atomic E-state index is 11.9. The van der Waals surface area contributed by atoms with Crippen LogP contribution in [0.3, 0.4) is 0 Å². The molecule has 1 aliphatic rings. The van der Waals surface area contributed by atoms with Gasteiger partial charge in [0.05, 0.1) is 16.4 Å². The van der Waals surface area contributed by atoms with Crippen molar-refractivity contribution in [3.05, 3.63) is 17.7 Å². The zero-order valence-electron chi connectivity index (χ0n) is 11.3. The van der Waals surface area contributed by atoms with Crippen LogP contribution in [0.1, 0.15) is 32.8 Å². The first-order valence-corrected chi connectivity index (χ1v) is 7.49. The molecule has 0 atom stereocenters. The van der Waals surface area contributed by atoms with Crippen molar-refractivity contribution in [2.75, 3.05) is 11.1 Å². The fourth-order valence-electron chi connectivity index (χ4n) is 2.32. The highest BCUT2D eigenvalue weighted by Crippen LogP contribution is 2.39. The van der Waals surface area contributed by atoms with Crippen LogP contribution in [-0.2, 0) is 10.2 Å². The maximum atomic E-state index is 11.9. The van der Waals surface area contributed by atoms with Gasteiger partial charge in [-0.3, -0.25) is 4.79 Å². The number of aromatic nitrogens is 2. The predicted octanol–water partition coefficient (Wildman–Crippen LogP) is 3.29. The topological polar surface area (TPSA) is 57.8 Å². The summed E-state index contributed by atoms with van der Waals surface area (Å²) in [6.07, 6.45) is 1.13. The first kappa shape index (κ1) is 12.5. The first-order chi connectivity index (χ1) is 9.02. The predicted molar refractivity (Wildman–Crippen MR) is 78.8 cm³/mol. The van der Waals surface area contributed by atoms with Gasteiger partial charge in [0.15, 0.2) is 5.16 Å². The second-order valence-corrected chi connectivity index (χ2v) is 6.47. The number of carbonyl (C=O) groups is 1. The van der Waals surface area contributed by atoms with E-state index in [1.165, 1.54) is 0 Å². The molecule has 1 aromatic heterocycles. The number of fused-ring (bicyclic) bond motifs is 2. The van der Waals surface area contributed by atoms with E-state index in [4.69, 9.17) is 0 Å². The Morgan fingerprint density at radius 3 is 2.89 bits per heavy atom. The van der Waals surface area contributed by atoms with E-state index in [0.717, 1.165) is 39.6 Å². The molecule has 100 valence electrons. The van der Waals surface area contributed by atoms with E-state index in [9.17, 15) is 4.79 Å². The Bertz CT molecular complexity index is 660. The van der Waals surface area contributed by atoms with E-state index in [-0.39, 0.29) is 5.91 Å². The van der Waals surface area contributed by atoms with Crippen molar-refractivity contribution in [2.45, 2.75) is 37.8 Å². The van der Waals surface area contributed by atoms with Crippen molar-refractivity contribution >= 4 is 34.4 Å². The van der Waals surface area contributed by atoms with Gasteiger partial charge in [0.1, 0.15) is 0 Å². The lowest BCUT2D eigenvalue weighted by molar-refractivity contribution is -0.119. The van der Waals surface area contributed by atoms with Gasteiger partial charge in [-0.2, -0.15) is 0 Å². The summed E-state index contributed by atoms with van der Waals surface area (Å²) in [5, 5.41) is 3.89. The molecule has 1 aromatic carbocycles. The molecule has 0 aliphatic carbocycles. The van der Waals surface area contributed by atoms with E-state index < -0.39 is 5.41 Å². The first-order valence-electron chi connectivity index (χ1n) is 6.51. The average Bonchev–Trinajstić information content (AvgIpc) is 2.85. The number of benzene rings is 1. The molecule has 1 aliphatic heterocycles. The average molecular weight is 275 g/mol. The van der Waals surface area contributed by atoms with Gasteiger partial charge in [-0.25, -0.2) is 4.98 Å². The third-order valence-electron chi connectivity index (χ3n) is 3.53. The number of hydrogen-bond acceptors (Lipinski definition) is 3. The van der Waals surface area contributed by atoms with E-state index in [1.54, 1.807) is 11.8 Å². The molecule has 2 heterocycles. The summed E-state index contributed by atoms with van der Waals surface area (Å²) in [4.78, 5) is 19.8. The number of H-pyrrole nitrogens is 1. The Morgan fingerprint density at radius 2 is 2.16 bits per heavy atom. The Morgan fingerprint density at radius 1 is 1.37 bits per heavy atom. The Kier molecular flexibility index (Phi) is 2.82. The SMILES string of the molecule is CCCSc1nc2cc3c(cc2[nH]1)NC(=O)C3(C)C. The molecule has 0 saturated carbocycles. The van der Waals surface area contributed by atoms with Gasteiger partial charge in [0, 0.05) is 11.4 Å². The molecular formula is C14H17N3OS.